The van der Waals surface area contributed by atoms with E-state index in [0.29, 0.717) is 0 Å². The normalized spacial score (nSPS) is 11.7. The van der Waals surface area contributed by atoms with Crippen molar-refractivity contribution in [3.8, 4) is 0 Å². The third-order valence-corrected chi connectivity index (χ3v) is 2.45. The molecule has 0 atom stereocenters. The number of benzene rings is 1. The first-order valence-electron chi connectivity index (χ1n) is 5.01. The zero-order valence-electron chi connectivity index (χ0n) is 8.89. The molecule has 0 amide bonds. The number of rotatable bonds is 4. The maximum atomic E-state index is 5.90. The topological polar surface area (TPSA) is 26.0 Å². The number of hydrogen-bond donors (Lipinski definition) is 1. The van der Waals surface area contributed by atoms with E-state index in [2.05, 4.69) is 26.0 Å². The van der Waals surface area contributed by atoms with Crippen molar-refractivity contribution in [3.63, 3.8) is 0 Å². The minimum Gasteiger partial charge on any atom is -0.326 e. The van der Waals surface area contributed by atoms with Gasteiger partial charge in [0, 0.05) is 10.6 Å². The molecular formula is C12H18ClN. The van der Waals surface area contributed by atoms with Crippen molar-refractivity contribution >= 4 is 11.6 Å². The van der Waals surface area contributed by atoms with Crippen LogP contribution in [0.1, 0.15) is 32.3 Å². The van der Waals surface area contributed by atoms with Gasteiger partial charge in [0.2, 0.25) is 0 Å². The summed E-state index contributed by atoms with van der Waals surface area (Å²) < 4.78 is 0. The molecule has 0 radical (unpaired) electrons. The fraction of sp³-hybridized carbons (Fsp3) is 0.500. The van der Waals surface area contributed by atoms with Gasteiger partial charge in [0.15, 0.2) is 0 Å². The van der Waals surface area contributed by atoms with E-state index in [1.54, 1.807) is 0 Å². The molecule has 0 heterocycles. The maximum Gasteiger partial charge on any atom is 0.0406 e. The molecule has 0 saturated heterocycles. The summed E-state index contributed by atoms with van der Waals surface area (Å²) in [5.41, 5.74) is 7.19. The van der Waals surface area contributed by atoms with Gasteiger partial charge >= 0.3 is 0 Å². The summed E-state index contributed by atoms with van der Waals surface area (Å²) in [5.74, 6) is 0. The molecule has 0 aliphatic heterocycles. The van der Waals surface area contributed by atoms with Gasteiger partial charge in [0.1, 0.15) is 0 Å². The van der Waals surface area contributed by atoms with Crippen LogP contribution in [0.5, 0.6) is 0 Å². The molecule has 0 spiro atoms. The Labute approximate surface area is 91.3 Å². The van der Waals surface area contributed by atoms with Crippen LogP contribution in [0.3, 0.4) is 0 Å². The van der Waals surface area contributed by atoms with Crippen LogP contribution in [0.4, 0.5) is 0 Å². The minimum absolute atomic E-state index is 0.0492. The Morgan fingerprint density at radius 2 is 1.79 bits per heavy atom. The Hall–Kier alpha value is -0.530. The van der Waals surface area contributed by atoms with Crippen LogP contribution in [0.25, 0.3) is 0 Å². The van der Waals surface area contributed by atoms with E-state index < -0.39 is 0 Å². The third kappa shape index (κ3) is 4.64. The van der Waals surface area contributed by atoms with E-state index in [0.717, 1.165) is 24.3 Å². The molecule has 2 heteroatoms. The molecule has 0 bridgehead atoms. The van der Waals surface area contributed by atoms with Gasteiger partial charge < -0.3 is 5.73 Å². The van der Waals surface area contributed by atoms with E-state index in [1.807, 2.05) is 12.1 Å². The Kier molecular flexibility index (Phi) is 3.97. The second kappa shape index (κ2) is 4.81. The quantitative estimate of drug-likeness (QED) is 0.812. The predicted octanol–water partition coefficient (Wildman–Crippen LogP) is 3.40. The molecule has 0 aromatic heterocycles. The van der Waals surface area contributed by atoms with Crippen LogP contribution in [-0.4, -0.2) is 5.54 Å². The van der Waals surface area contributed by atoms with Crippen molar-refractivity contribution in [2.24, 2.45) is 5.73 Å². The number of aryl methyl sites for hydroxylation is 1. The lowest BCUT2D eigenvalue weighted by Gasteiger charge is -2.17. The standard InChI is InChI=1S/C12H18ClN/c1-12(2,14)9-3-4-10-5-7-11(13)8-6-10/h5-8H,3-4,9,14H2,1-2H3. The number of hydrogen-bond acceptors (Lipinski definition) is 1. The molecule has 2 N–H and O–H groups in total. The molecule has 78 valence electrons. The highest BCUT2D eigenvalue weighted by Crippen LogP contribution is 2.14. The molecule has 1 rings (SSSR count). The summed E-state index contributed by atoms with van der Waals surface area (Å²) in [5, 5.41) is 0.799. The van der Waals surface area contributed by atoms with Gasteiger partial charge in [-0.25, -0.2) is 0 Å². The molecule has 0 aliphatic carbocycles. The molecule has 1 aromatic rings. The number of halogens is 1. The average molecular weight is 212 g/mol. The molecule has 0 unspecified atom stereocenters. The first-order chi connectivity index (χ1) is 6.47. The van der Waals surface area contributed by atoms with Crippen molar-refractivity contribution in [1.82, 2.24) is 0 Å². The summed E-state index contributed by atoms with van der Waals surface area (Å²) in [6.07, 6.45) is 3.26. The summed E-state index contributed by atoms with van der Waals surface area (Å²) in [6, 6.07) is 8.02. The van der Waals surface area contributed by atoms with Gasteiger partial charge in [-0.2, -0.15) is 0 Å². The molecule has 0 fully saturated rings. The fourth-order valence-corrected chi connectivity index (χ4v) is 1.53. The lowest BCUT2D eigenvalue weighted by molar-refractivity contribution is 0.459. The first kappa shape index (κ1) is 11.5. The van der Waals surface area contributed by atoms with Crippen LogP contribution in [0.2, 0.25) is 5.02 Å². The lowest BCUT2D eigenvalue weighted by atomic mass is 9.97. The van der Waals surface area contributed by atoms with E-state index in [9.17, 15) is 0 Å². The van der Waals surface area contributed by atoms with E-state index in [4.69, 9.17) is 17.3 Å². The molecule has 14 heavy (non-hydrogen) atoms. The summed E-state index contributed by atoms with van der Waals surface area (Å²) in [4.78, 5) is 0. The van der Waals surface area contributed by atoms with Crippen molar-refractivity contribution < 1.29 is 0 Å². The second-order valence-electron chi connectivity index (χ2n) is 4.47. The largest absolute Gasteiger partial charge is 0.326 e. The van der Waals surface area contributed by atoms with Crippen molar-refractivity contribution in [2.75, 3.05) is 0 Å². The van der Waals surface area contributed by atoms with E-state index in [-0.39, 0.29) is 5.54 Å². The summed E-state index contributed by atoms with van der Waals surface area (Å²) in [6.45, 7) is 4.13. The van der Waals surface area contributed by atoms with Crippen molar-refractivity contribution in [3.05, 3.63) is 34.9 Å². The molecule has 1 nitrogen and oxygen atoms in total. The molecular weight excluding hydrogens is 194 g/mol. The Morgan fingerprint density at radius 3 is 2.29 bits per heavy atom. The Balaban J connectivity index is 2.35. The molecule has 1 aromatic carbocycles. The van der Waals surface area contributed by atoms with Gasteiger partial charge in [-0.1, -0.05) is 23.7 Å². The smallest absolute Gasteiger partial charge is 0.0406 e. The van der Waals surface area contributed by atoms with Gasteiger partial charge in [0.05, 0.1) is 0 Å². The van der Waals surface area contributed by atoms with Crippen LogP contribution < -0.4 is 5.73 Å². The summed E-state index contributed by atoms with van der Waals surface area (Å²) in [7, 11) is 0. The maximum absolute atomic E-state index is 5.90. The van der Waals surface area contributed by atoms with E-state index >= 15 is 0 Å². The third-order valence-electron chi connectivity index (χ3n) is 2.20. The monoisotopic (exact) mass is 211 g/mol. The van der Waals surface area contributed by atoms with Crippen LogP contribution >= 0.6 is 11.6 Å². The Bertz CT molecular complexity index is 271. The van der Waals surface area contributed by atoms with Crippen molar-refractivity contribution in [2.45, 2.75) is 38.6 Å². The van der Waals surface area contributed by atoms with Crippen molar-refractivity contribution in [1.29, 1.82) is 0 Å². The highest BCUT2D eigenvalue weighted by molar-refractivity contribution is 6.30. The molecule has 0 aliphatic rings. The zero-order valence-corrected chi connectivity index (χ0v) is 9.64. The van der Waals surface area contributed by atoms with Crippen LogP contribution in [0.15, 0.2) is 24.3 Å². The highest BCUT2D eigenvalue weighted by atomic mass is 35.5. The van der Waals surface area contributed by atoms with Gasteiger partial charge in [0.25, 0.3) is 0 Å². The van der Waals surface area contributed by atoms with E-state index in [1.165, 1.54) is 5.56 Å². The zero-order chi connectivity index (χ0) is 10.6. The SMILES string of the molecule is CC(C)(N)CCCc1ccc(Cl)cc1. The highest BCUT2D eigenvalue weighted by Gasteiger charge is 2.09. The Morgan fingerprint density at radius 1 is 1.21 bits per heavy atom. The van der Waals surface area contributed by atoms with Gasteiger partial charge in [-0.15, -0.1) is 0 Å². The second-order valence-corrected chi connectivity index (χ2v) is 4.91. The van der Waals surface area contributed by atoms with Crippen LogP contribution in [-0.2, 0) is 6.42 Å². The average Bonchev–Trinajstić information content (AvgIpc) is 2.06. The first-order valence-corrected chi connectivity index (χ1v) is 5.38. The van der Waals surface area contributed by atoms with Gasteiger partial charge in [-0.05, 0) is 50.8 Å². The minimum atomic E-state index is -0.0492. The van der Waals surface area contributed by atoms with Crippen LogP contribution in [0, 0.1) is 0 Å². The molecule has 0 saturated carbocycles. The number of nitrogens with two attached hydrogens (primary N) is 1. The predicted molar refractivity (Wildman–Crippen MR) is 62.7 cm³/mol. The van der Waals surface area contributed by atoms with Gasteiger partial charge in [-0.3, -0.25) is 0 Å². The lowest BCUT2D eigenvalue weighted by Crippen LogP contribution is -2.31. The summed E-state index contributed by atoms with van der Waals surface area (Å²) >= 11 is 5.80. The fourth-order valence-electron chi connectivity index (χ4n) is 1.40.